The van der Waals surface area contributed by atoms with Crippen LogP contribution in [-0.2, 0) is 9.59 Å². The lowest BCUT2D eigenvalue weighted by molar-refractivity contribution is -0.134. The van der Waals surface area contributed by atoms with Crippen LogP contribution in [0.15, 0.2) is 0 Å². The van der Waals surface area contributed by atoms with Gasteiger partial charge in [-0.3, -0.25) is 9.59 Å². The molecule has 478 valence electrons. The third-order valence-electron chi connectivity index (χ3n) is 19.1. The van der Waals surface area contributed by atoms with Crippen molar-refractivity contribution in [2.45, 2.75) is 373 Å². The molecule has 15 heteroatoms. The quantitative estimate of drug-likeness (QED) is 0.0592. The van der Waals surface area contributed by atoms with Gasteiger partial charge < -0.3 is 51.1 Å². The van der Waals surface area contributed by atoms with Crippen LogP contribution in [0.3, 0.4) is 0 Å². The molecular weight excluding hydrogens is 1030 g/mol. The molecule has 1 aromatic rings. The van der Waals surface area contributed by atoms with E-state index in [0.29, 0.717) is 0 Å². The van der Waals surface area contributed by atoms with Gasteiger partial charge in [0.05, 0.1) is 0 Å². The summed E-state index contributed by atoms with van der Waals surface area (Å²) in [5.41, 5.74) is -0.554. The second-order valence-electron chi connectivity index (χ2n) is 34.2. The molecule has 0 atom stereocenters. The molecule has 5 N–H and O–H groups in total. The molecule has 0 unspecified atom stereocenters. The van der Waals surface area contributed by atoms with E-state index in [9.17, 15) is 9.59 Å². The Morgan fingerprint density at radius 3 is 0.723 bits per heavy atom. The first-order chi connectivity index (χ1) is 38.0. The number of aromatic nitrogens is 3. The highest BCUT2D eigenvalue weighted by molar-refractivity contribution is 5.74. The van der Waals surface area contributed by atoms with Gasteiger partial charge in [-0.2, -0.15) is 15.0 Å². The third-order valence-corrected chi connectivity index (χ3v) is 19.1. The number of unbranched alkanes of at least 4 members (excludes halogenated alkanes) is 7. The normalized spacial score (nSPS) is 24.7. The van der Waals surface area contributed by atoms with Gasteiger partial charge in [-0.1, -0.05) is 39.0 Å². The van der Waals surface area contributed by atoms with E-state index in [0.717, 1.165) is 179 Å². The number of carbonyl (C=O) groups is 2. The summed E-state index contributed by atoms with van der Waals surface area (Å²) < 4.78 is 0. The zero-order chi connectivity index (χ0) is 62.0. The zero-order valence-electron chi connectivity index (χ0n) is 58.0. The number of hydrogen-bond acceptors (Lipinski definition) is 13. The van der Waals surface area contributed by atoms with E-state index in [4.69, 9.17) is 15.0 Å². The molecule has 5 aliphatic heterocycles. The molecular formula is C68H129N13O2. The van der Waals surface area contributed by atoms with Gasteiger partial charge in [0.1, 0.15) is 0 Å². The molecule has 5 fully saturated rings. The van der Waals surface area contributed by atoms with Crippen LogP contribution in [0.4, 0.5) is 17.8 Å². The summed E-state index contributed by atoms with van der Waals surface area (Å²) in [4.78, 5) is 56.4. The molecule has 83 heavy (non-hydrogen) atoms. The zero-order valence-corrected chi connectivity index (χ0v) is 58.0. The van der Waals surface area contributed by atoms with Gasteiger partial charge in [0, 0.05) is 132 Å². The van der Waals surface area contributed by atoms with Crippen LogP contribution in [0, 0.1) is 0 Å². The topological polar surface area (TPSA) is 149 Å². The Bertz CT molecular complexity index is 2080. The minimum absolute atomic E-state index is 0.0230. The lowest BCUT2D eigenvalue weighted by Gasteiger charge is -2.51. The first-order valence-corrected chi connectivity index (χ1v) is 33.6. The predicted molar refractivity (Wildman–Crippen MR) is 350 cm³/mol. The first-order valence-electron chi connectivity index (χ1n) is 33.6. The largest absolute Gasteiger partial charge is 0.340 e. The molecule has 0 aliphatic carbocycles. The van der Waals surface area contributed by atoms with Crippen LogP contribution in [0.1, 0.15) is 288 Å². The van der Waals surface area contributed by atoms with E-state index in [1.54, 1.807) is 13.8 Å². The van der Waals surface area contributed by atoms with Crippen LogP contribution in [0.5, 0.6) is 0 Å². The van der Waals surface area contributed by atoms with Crippen LogP contribution < -0.4 is 41.3 Å². The van der Waals surface area contributed by atoms with Crippen molar-refractivity contribution in [3.8, 4) is 0 Å². The highest BCUT2D eigenvalue weighted by Gasteiger charge is 2.47. The van der Waals surface area contributed by atoms with E-state index >= 15 is 0 Å². The fraction of sp³-hybridized carbons (Fsp3) is 0.926. The molecule has 5 aliphatic rings. The maximum Gasteiger partial charge on any atom is 0.232 e. The monoisotopic (exact) mass is 1160 g/mol. The standard InChI is InChI=1S/C68H129N13O2/c1-24-25-34-79(53-43-63(12,13)74-64(14,15)44-53)56-69-57(80(54-45-65(16,17)75-66(18,19)46-54)37-32-28-26-30-35-77(49(2)82)51-39-59(4,5)72-60(6,7)40-51)71-58(70-56)81(55-47-67(20,21)76-68(22,23)48-55)38-33-29-27-31-36-78(50(3)83)52-41-61(8,9)73-62(10,11)42-52/h51-55,72-76H,24-48H2,1-23H3. The fourth-order valence-electron chi connectivity index (χ4n) is 17.9. The smallest absolute Gasteiger partial charge is 0.232 e. The Balaban J connectivity index is 1.37. The van der Waals surface area contributed by atoms with Crippen molar-refractivity contribution >= 4 is 29.7 Å². The molecule has 0 saturated carbocycles. The second kappa shape index (κ2) is 26.5. The number of piperidine rings is 5. The molecule has 2 amide bonds. The lowest BCUT2D eigenvalue weighted by Crippen LogP contribution is -2.63. The van der Waals surface area contributed by atoms with E-state index in [1.807, 2.05) is 0 Å². The van der Waals surface area contributed by atoms with Crippen molar-refractivity contribution in [1.82, 2.24) is 51.3 Å². The number of carbonyl (C=O) groups excluding carboxylic acids is 2. The third kappa shape index (κ3) is 20.6. The Morgan fingerprint density at radius 1 is 0.325 bits per heavy atom. The molecule has 6 heterocycles. The van der Waals surface area contributed by atoms with E-state index in [2.05, 4.69) is 196 Å². The van der Waals surface area contributed by atoms with E-state index in [-0.39, 0.29) is 97.4 Å². The van der Waals surface area contributed by atoms with Crippen molar-refractivity contribution in [3.63, 3.8) is 0 Å². The van der Waals surface area contributed by atoms with E-state index in [1.165, 1.54) is 0 Å². The summed E-state index contributed by atoms with van der Waals surface area (Å²) in [6, 6.07) is 1.16. The number of nitrogens with zero attached hydrogens (tertiary/aromatic N) is 8. The fourth-order valence-corrected chi connectivity index (χ4v) is 17.9. The minimum atomic E-state index is -0.0861. The van der Waals surface area contributed by atoms with Crippen LogP contribution in [0.2, 0.25) is 0 Å². The molecule has 0 bridgehead atoms. The molecule has 0 aromatic carbocycles. The molecule has 15 nitrogen and oxygen atoms in total. The SMILES string of the molecule is CCCCN(c1nc(N(CCCCCCN(C(C)=O)C2CC(C)(C)NC(C)(C)C2)C2CC(C)(C)NC(C)(C)C2)nc(N(CCCCCCN(C(C)=O)C2CC(C)(C)NC(C)(C)C2)C2CC(C)(C)NC(C)(C)C2)n1)C1CC(C)(C)NC(C)(C)C1. The van der Waals surface area contributed by atoms with Gasteiger partial charge in [0.25, 0.3) is 0 Å². The van der Waals surface area contributed by atoms with Crippen molar-refractivity contribution in [2.75, 3.05) is 47.4 Å². The average molecular weight is 1160 g/mol. The Hall–Kier alpha value is -2.85. The number of rotatable bonds is 25. The second-order valence-corrected chi connectivity index (χ2v) is 34.2. The number of amides is 2. The van der Waals surface area contributed by atoms with Crippen molar-refractivity contribution < 1.29 is 9.59 Å². The van der Waals surface area contributed by atoms with Crippen molar-refractivity contribution in [3.05, 3.63) is 0 Å². The number of hydrogen-bond donors (Lipinski definition) is 5. The highest BCUT2D eigenvalue weighted by Crippen LogP contribution is 2.40. The van der Waals surface area contributed by atoms with Crippen LogP contribution in [0.25, 0.3) is 0 Å². The highest BCUT2D eigenvalue weighted by atomic mass is 16.2. The van der Waals surface area contributed by atoms with Crippen molar-refractivity contribution in [2.24, 2.45) is 0 Å². The van der Waals surface area contributed by atoms with Crippen LogP contribution in [-0.4, -0.2) is 155 Å². The number of nitrogens with one attached hydrogen (secondary N) is 5. The van der Waals surface area contributed by atoms with E-state index < -0.39 is 0 Å². The summed E-state index contributed by atoms with van der Waals surface area (Å²) >= 11 is 0. The summed E-state index contributed by atoms with van der Waals surface area (Å²) in [5, 5.41) is 19.7. The van der Waals surface area contributed by atoms with Crippen LogP contribution >= 0.6 is 0 Å². The Morgan fingerprint density at radius 2 is 0.518 bits per heavy atom. The average Bonchev–Trinajstić information content (AvgIpc) is 3.49. The Kier molecular flexibility index (Phi) is 22.1. The molecule has 1 aromatic heterocycles. The summed E-state index contributed by atoms with van der Waals surface area (Å²) in [6.07, 6.45) is 20.2. The number of anilines is 3. The molecule has 5 saturated heterocycles. The summed E-state index contributed by atoms with van der Waals surface area (Å²) in [5.74, 6) is 2.86. The minimum Gasteiger partial charge on any atom is -0.340 e. The maximum absolute atomic E-state index is 13.3. The Labute approximate surface area is 509 Å². The molecule has 0 radical (unpaired) electrons. The van der Waals surface area contributed by atoms with Gasteiger partial charge in [-0.05, 0) is 235 Å². The van der Waals surface area contributed by atoms with Gasteiger partial charge in [0.15, 0.2) is 0 Å². The van der Waals surface area contributed by atoms with Gasteiger partial charge in [-0.15, -0.1) is 0 Å². The van der Waals surface area contributed by atoms with Gasteiger partial charge in [-0.25, -0.2) is 0 Å². The van der Waals surface area contributed by atoms with Gasteiger partial charge >= 0.3 is 0 Å². The first kappa shape index (κ1) is 69.3. The summed E-state index contributed by atoms with van der Waals surface area (Å²) in [7, 11) is 0. The molecule has 0 spiro atoms. The van der Waals surface area contributed by atoms with Crippen molar-refractivity contribution in [1.29, 1.82) is 0 Å². The summed E-state index contributed by atoms with van der Waals surface area (Å²) in [6.45, 7) is 56.7. The molecule has 6 rings (SSSR count). The maximum atomic E-state index is 13.3. The predicted octanol–water partition coefficient (Wildman–Crippen LogP) is 12.5. The van der Waals surface area contributed by atoms with Gasteiger partial charge in [0.2, 0.25) is 29.7 Å². The lowest BCUT2D eigenvalue weighted by atomic mass is 9.79.